The summed E-state index contributed by atoms with van der Waals surface area (Å²) >= 11 is 0. The molecule has 1 unspecified atom stereocenters. The summed E-state index contributed by atoms with van der Waals surface area (Å²) in [5, 5.41) is 0. The van der Waals surface area contributed by atoms with Gasteiger partial charge in [0, 0.05) is 19.6 Å². The number of nitrogens with two attached hydrogens (primary N) is 1. The number of rotatable bonds is 4. The van der Waals surface area contributed by atoms with Crippen LogP contribution in [0, 0.1) is 6.92 Å². The lowest BCUT2D eigenvalue weighted by atomic mass is 10.1. The SMILES string of the molecule is Cc1ccccc1CC(=O)N(C)C(C)CN. The van der Waals surface area contributed by atoms with Gasteiger partial charge < -0.3 is 10.6 Å². The molecule has 2 N–H and O–H groups in total. The predicted molar refractivity (Wildman–Crippen MR) is 66.2 cm³/mol. The molecule has 0 heterocycles. The van der Waals surface area contributed by atoms with Crippen molar-refractivity contribution < 1.29 is 4.79 Å². The van der Waals surface area contributed by atoms with Gasteiger partial charge in [-0.25, -0.2) is 0 Å². The third kappa shape index (κ3) is 3.07. The Kier molecular flexibility index (Phi) is 4.50. The van der Waals surface area contributed by atoms with Gasteiger partial charge in [0.1, 0.15) is 0 Å². The topological polar surface area (TPSA) is 46.3 Å². The van der Waals surface area contributed by atoms with Crippen molar-refractivity contribution in [1.82, 2.24) is 4.90 Å². The number of amides is 1. The number of hydrogen-bond acceptors (Lipinski definition) is 2. The van der Waals surface area contributed by atoms with E-state index >= 15 is 0 Å². The third-order valence-corrected chi connectivity index (χ3v) is 3.00. The van der Waals surface area contributed by atoms with E-state index in [1.54, 1.807) is 11.9 Å². The van der Waals surface area contributed by atoms with Crippen molar-refractivity contribution in [1.29, 1.82) is 0 Å². The molecule has 1 aromatic rings. The van der Waals surface area contributed by atoms with Crippen molar-refractivity contribution in [3.63, 3.8) is 0 Å². The minimum absolute atomic E-state index is 0.0940. The molecular formula is C13H20N2O. The highest BCUT2D eigenvalue weighted by Crippen LogP contribution is 2.09. The molecule has 0 spiro atoms. The fraction of sp³-hybridized carbons (Fsp3) is 0.462. The average Bonchev–Trinajstić information content (AvgIpc) is 2.30. The number of nitrogens with zero attached hydrogens (tertiary/aromatic N) is 1. The largest absolute Gasteiger partial charge is 0.341 e. The van der Waals surface area contributed by atoms with E-state index < -0.39 is 0 Å². The van der Waals surface area contributed by atoms with Gasteiger partial charge in [-0.15, -0.1) is 0 Å². The Morgan fingerprint density at radius 3 is 2.62 bits per heavy atom. The van der Waals surface area contributed by atoms with Gasteiger partial charge in [0.05, 0.1) is 6.42 Å². The minimum Gasteiger partial charge on any atom is -0.341 e. The van der Waals surface area contributed by atoms with Gasteiger partial charge in [-0.2, -0.15) is 0 Å². The molecular weight excluding hydrogens is 200 g/mol. The normalized spacial score (nSPS) is 12.2. The monoisotopic (exact) mass is 220 g/mol. The fourth-order valence-corrected chi connectivity index (χ4v) is 1.50. The van der Waals surface area contributed by atoms with Crippen LogP contribution in [0.25, 0.3) is 0 Å². The zero-order valence-electron chi connectivity index (χ0n) is 10.2. The first-order valence-corrected chi connectivity index (χ1v) is 5.56. The van der Waals surface area contributed by atoms with E-state index in [0.29, 0.717) is 13.0 Å². The van der Waals surface area contributed by atoms with E-state index in [4.69, 9.17) is 5.73 Å². The lowest BCUT2D eigenvalue weighted by molar-refractivity contribution is -0.130. The van der Waals surface area contributed by atoms with Crippen LogP contribution in [0.1, 0.15) is 18.1 Å². The lowest BCUT2D eigenvalue weighted by Crippen LogP contribution is -2.40. The van der Waals surface area contributed by atoms with Crippen molar-refractivity contribution in [2.75, 3.05) is 13.6 Å². The van der Waals surface area contributed by atoms with Crippen LogP contribution in [0.15, 0.2) is 24.3 Å². The highest BCUT2D eigenvalue weighted by Gasteiger charge is 2.15. The number of carbonyl (C=O) groups is 1. The first-order valence-electron chi connectivity index (χ1n) is 5.56. The van der Waals surface area contributed by atoms with Gasteiger partial charge in [-0.05, 0) is 25.0 Å². The number of benzene rings is 1. The van der Waals surface area contributed by atoms with Gasteiger partial charge in [0.2, 0.25) is 5.91 Å². The zero-order valence-corrected chi connectivity index (χ0v) is 10.2. The Morgan fingerprint density at radius 1 is 1.44 bits per heavy atom. The molecule has 1 atom stereocenters. The molecule has 88 valence electrons. The second-order valence-corrected chi connectivity index (χ2v) is 4.19. The molecule has 0 aliphatic carbocycles. The fourth-order valence-electron chi connectivity index (χ4n) is 1.50. The molecule has 1 aromatic carbocycles. The molecule has 0 saturated heterocycles. The van der Waals surface area contributed by atoms with E-state index in [1.165, 1.54) is 0 Å². The quantitative estimate of drug-likeness (QED) is 0.832. The zero-order chi connectivity index (χ0) is 12.1. The first kappa shape index (κ1) is 12.7. The Morgan fingerprint density at radius 2 is 2.06 bits per heavy atom. The van der Waals surface area contributed by atoms with Crippen LogP contribution < -0.4 is 5.73 Å². The van der Waals surface area contributed by atoms with E-state index in [1.807, 2.05) is 38.1 Å². The maximum Gasteiger partial charge on any atom is 0.227 e. The predicted octanol–water partition coefficient (Wildman–Crippen LogP) is 1.34. The molecule has 0 aliphatic rings. The van der Waals surface area contributed by atoms with E-state index in [0.717, 1.165) is 11.1 Å². The lowest BCUT2D eigenvalue weighted by Gasteiger charge is -2.24. The smallest absolute Gasteiger partial charge is 0.227 e. The summed E-state index contributed by atoms with van der Waals surface area (Å²) in [6.45, 7) is 4.47. The molecule has 1 amide bonds. The third-order valence-electron chi connectivity index (χ3n) is 3.00. The van der Waals surface area contributed by atoms with Crippen LogP contribution >= 0.6 is 0 Å². The summed E-state index contributed by atoms with van der Waals surface area (Å²) < 4.78 is 0. The van der Waals surface area contributed by atoms with Gasteiger partial charge in [-0.3, -0.25) is 4.79 Å². The van der Waals surface area contributed by atoms with Crippen molar-refractivity contribution in [3.8, 4) is 0 Å². The average molecular weight is 220 g/mol. The molecule has 3 nitrogen and oxygen atoms in total. The molecule has 0 bridgehead atoms. The van der Waals surface area contributed by atoms with Gasteiger partial charge in [0.15, 0.2) is 0 Å². The van der Waals surface area contributed by atoms with Crippen LogP contribution in [0.2, 0.25) is 0 Å². The van der Waals surface area contributed by atoms with Gasteiger partial charge in [-0.1, -0.05) is 24.3 Å². The van der Waals surface area contributed by atoms with Crippen molar-refractivity contribution in [2.24, 2.45) is 5.73 Å². The number of likely N-dealkylation sites (N-methyl/N-ethyl adjacent to an activating group) is 1. The second-order valence-electron chi connectivity index (χ2n) is 4.19. The van der Waals surface area contributed by atoms with Gasteiger partial charge in [0.25, 0.3) is 0 Å². The number of aryl methyl sites for hydroxylation is 1. The maximum absolute atomic E-state index is 11.9. The van der Waals surface area contributed by atoms with Crippen LogP contribution in [0.4, 0.5) is 0 Å². The van der Waals surface area contributed by atoms with Crippen molar-refractivity contribution in [3.05, 3.63) is 35.4 Å². The number of hydrogen-bond donors (Lipinski definition) is 1. The van der Waals surface area contributed by atoms with E-state index in [2.05, 4.69) is 0 Å². The molecule has 0 saturated carbocycles. The standard InChI is InChI=1S/C13H20N2O/c1-10-6-4-5-7-12(10)8-13(16)15(3)11(2)9-14/h4-7,11H,8-9,14H2,1-3H3. The van der Waals surface area contributed by atoms with Crippen molar-refractivity contribution in [2.45, 2.75) is 26.3 Å². The first-order chi connectivity index (χ1) is 7.56. The molecule has 1 rings (SSSR count). The summed E-state index contributed by atoms with van der Waals surface area (Å²) in [6.07, 6.45) is 0.452. The summed E-state index contributed by atoms with van der Waals surface area (Å²) in [5.74, 6) is 0.118. The number of carbonyl (C=O) groups excluding carboxylic acids is 1. The molecule has 0 aliphatic heterocycles. The van der Waals surface area contributed by atoms with Crippen LogP contribution in [0.5, 0.6) is 0 Å². The summed E-state index contributed by atoms with van der Waals surface area (Å²) in [5.41, 5.74) is 7.78. The Balaban J connectivity index is 2.68. The minimum atomic E-state index is 0.0940. The molecule has 0 fully saturated rings. The summed E-state index contributed by atoms with van der Waals surface area (Å²) in [4.78, 5) is 13.7. The molecule has 16 heavy (non-hydrogen) atoms. The highest BCUT2D eigenvalue weighted by molar-refractivity contribution is 5.79. The van der Waals surface area contributed by atoms with Crippen LogP contribution in [-0.2, 0) is 11.2 Å². The van der Waals surface area contributed by atoms with E-state index in [-0.39, 0.29) is 11.9 Å². The second kappa shape index (κ2) is 5.66. The Bertz CT molecular complexity index is 363. The maximum atomic E-state index is 11.9. The highest BCUT2D eigenvalue weighted by atomic mass is 16.2. The van der Waals surface area contributed by atoms with Crippen molar-refractivity contribution >= 4 is 5.91 Å². The van der Waals surface area contributed by atoms with Crippen LogP contribution in [-0.4, -0.2) is 30.4 Å². The Labute approximate surface area is 97.2 Å². The Hall–Kier alpha value is -1.35. The molecule has 3 heteroatoms. The molecule has 0 radical (unpaired) electrons. The summed E-state index contributed by atoms with van der Waals surface area (Å²) in [6, 6.07) is 8.05. The summed E-state index contributed by atoms with van der Waals surface area (Å²) in [7, 11) is 1.80. The molecule has 0 aromatic heterocycles. The van der Waals surface area contributed by atoms with Gasteiger partial charge >= 0.3 is 0 Å². The van der Waals surface area contributed by atoms with E-state index in [9.17, 15) is 4.79 Å². The van der Waals surface area contributed by atoms with Crippen LogP contribution in [0.3, 0.4) is 0 Å².